The summed E-state index contributed by atoms with van der Waals surface area (Å²) in [6, 6.07) is 22.8. The first-order valence-corrected chi connectivity index (χ1v) is 15.4. The van der Waals surface area contributed by atoms with Gasteiger partial charge in [0.2, 0.25) is 0 Å². The third kappa shape index (κ3) is 6.13. The standard InChI is InChI=1S/C35H27ClN4O5S/c1-4-18-44-34(43)30-21(2)37-35-40(32(30)24-12-16-28(17-13-24)45-22(3)41)33(42)29(46-35)19-25-20-39(27-8-6-5-7-9-27)38-31(25)23-10-14-26(36)15-11-23/h4-17,19-20,32H,1,18H2,2-3H3/b29-19+/t32-/m0/s1. The maximum Gasteiger partial charge on any atom is 0.338 e. The van der Waals surface area contributed by atoms with Crippen LogP contribution in [-0.4, -0.2) is 32.9 Å². The molecule has 0 saturated heterocycles. The van der Waals surface area contributed by atoms with Gasteiger partial charge in [-0.25, -0.2) is 14.5 Å². The molecule has 9 nitrogen and oxygen atoms in total. The lowest BCUT2D eigenvalue weighted by atomic mass is 9.96. The van der Waals surface area contributed by atoms with Gasteiger partial charge in [-0.3, -0.25) is 14.2 Å². The number of thiazole rings is 1. The fourth-order valence-electron chi connectivity index (χ4n) is 5.17. The number of halogens is 1. The molecule has 0 radical (unpaired) electrons. The van der Waals surface area contributed by atoms with E-state index in [-0.39, 0.29) is 17.7 Å². The Bertz CT molecular complexity index is 2180. The number of nitrogens with zero attached hydrogens (tertiary/aromatic N) is 4. The summed E-state index contributed by atoms with van der Waals surface area (Å²) in [6.45, 7) is 6.65. The third-order valence-electron chi connectivity index (χ3n) is 7.20. The molecule has 11 heteroatoms. The van der Waals surface area contributed by atoms with Gasteiger partial charge in [0, 0.05) is 29.3 Å². The van der Waals surface area contributed by atoms with E-state index >= 15 is 0 Å². The van der Waals surface area contributed by atoms with E-state index in [0.717, 1.165) is 11.3 Å². The minimum absolute atomic E-state index is 0.00295. The predicted molar refractivity (Wildman–Crippen MR) is 177 cm³/mol. The molecule has 0 spiro atoms. The second kappa shape index (κ2) is 13.0. The molecule has 0 amide bonds. The van der Waals surface area contributed by atoms with Crippen molar-refractivity contribution in [2.75, 3.05) is 6.61 Å². The number of carbonyl (C=O) groups is 2. The third-order valence-corrected chi connectivity index (χ3v) is 8.43. The van der Waals surface area contributed by atoms with Crippen molar-refractivity contribution in [3.63, 3.8) is 0 Å². The molecule has 5 aromatic rings. The van der Waals surface area contributed by atoms with E-state index in [1.54, 1.807) is 54.1 Å². The van der Waals surface area contributed by atoms with Gasteiger partial charge in [0.05, 0.1) is 27.5 Å². The summed E-state index contributed by atoms with van der Waals surface area (Å²) in [5, 5.41) is 5.45. The molecule has 0 bridgehead atoms. The van der Waals surface area contributed by atoms with E-state index < -0.39 is 18.0 Å². The maximum absolute atomic E-state index is 14.2. The minimum atomic E-state index is -0.843. The van der Waals surface area contributed by atoms with Crippen LogP contribution in [0.25, 0.3) is 23.0 Å². The number of hydrogen-bond donors (Lipinski definition) is 0. The number of para-hydroxylation sites is 1. The predicted octanol–water partition coefficient (Wildman–Crippen LogP) is 5.40. The summed E-state index contributed by atoms with van der Waals surface area (Å²) in [4.78, 5) is 44.2. The molecule has 1 aliphatic rings. The summed E-state index contributed by atoms with van der Waals surface area (Å²) < 4.78 is 14.3. The molecule has 0 saturated carbocycles. The molecule has 1 atom stereocenters. The summed E-state index contributed by atoms with van der Waals surface area (Å²) >= 11 is 7.38. The van der Waals surface area contributed by atoms with Crippen molar-refractivity contribution in [1.29, 1.82) is 0 Å². The molecule has 3 heterocycles. The van der Waals surface area contributed by atoms with Crippen molar-refractivity contribution < 1.29 is 19.1 Å². The zero-order valence-electron chi connectivity index (χ0n) is 24.8. The van der Waals surface area contributed by atoms with Crippen molar-refractivity contribution in [1.82, 2.24) is 14.3 Å². The Morgan fingerprint density at radius 1 is 1.04 bits per heavy atom. The van der Waals surface area contributed by atoms with E-state index in [4.69, 9.17) is 26.2 Å². The van der Waals surface area contributed by atoms with Gasteiger partial charge in [-0.2, -0.15) is 5.10 Å². The fraction of sp³-hybridized carbons (Fsp3) is 0.114. The Balaban J connectivity index is 1.53. The quantitative estimate of drug-likeness (QED) is 0.127. The van der Waals surface area contributed by atoms with Crippen LogP contribution in [0, 0.1) is 0 Å². The van der Waals surface area contributed by atoms with Crippen molar-refractivity contribution in [3.8, 4) is 22.7 Å². The van der Waals surface area contributed by atoms with E-state index in [1.807, 2.05) is 48.7 Å². The largest absolute Gasteiger partial charge is 0.458 e. The fourth-order valence-corrected chi connectivity index (χ4v) is 6.34. The smallest absolute Gasteiger partial charge is 0.338 e. The Labute approximate surface area is 272 Å². The SMILES string of the molecule is C=CCOC(=O)C1=C(C)N=c2s/c(=C/c3cn(-c4ccccc4)nc3-c3ccc(Cl)cc3)c(=O)n2[C@H]1c1ccc(OC(C)=O)cc1. The van der Waals surface area contributed by atoms with Crippen molar-refractivity contribution in [2.45, 2.75) is 19.9 Å². The summed E-state index contributed by atoms with van der Waals surface area (Å²) in [6.07, 6.45) is 5.13. The summed E-state index contributed by atoms with van der Waals surface area (Å²) in [5.74, 6) is -0.734. The van der Waals surface area contributed by atoms with Crippen LogP contribution in [0.4, 0.5) is 0 Å². The highest BCUT2D eigenvalue weighted by atomic mass is 35.5. The topological polar surface area (TPSA) is 105 Å². The van der Waals surface area contributed by atoms with Crippen LogP contribution in [0.1, 0.15) is 31.0 Å². The highest BCUT2D eigenvalue weighted by Gasteiger charge is 2.33. The first-order chi connectivity index (χ1) is 22.2. The van der Waals surface area contributed by atoms with E-state index in [1.165, 1.54) is 28.9 Å². The molecule has 0 unspecified atom stereocenters. The molecular formula is C35H27ClN4O5S. The van der Waals surface area contributed by atoms with Gasteiger partial charge < -0.3 is 9.47 Å². The van der Waals surface area contributed by atoms with Crippen molar-refractivity contribution in [3.05, 3.63) is 145 Å². The minimum Gasteiger partial charge on any atom is -0.458 e. The number of hydrogen-bond acceptors (Lipinski definition) is 8. The van der Waals surface area contributed by atoms with Gasteiger partial charge in [0.25, 0.3) is 5.56 Å². The first-order valence-electron chi connectivity index (χ1n) is 14.2. The Morgan fingerprint density at radius 2 is 1.76 bits per heavy atom. The first kappa shape index (κ1) is 30.7. The number of aromatic nitrogens is 3. The van der Waals surface area contributed by atoms with Crippen LogP contribution in [0.3, 0.4) is 0 Å². The number of ether oxygens (including phenoxy) is 2. The lowest BCUT2D eigenvalue weighted by molar-refractivity contribution is -0.138. The van der Waals surface area contributed by atoms with Gasteiger partial charge in [-0.1, -0.05) is 78.1 Å². The van der Waals surface area contributed by atoms with E-state index in [0.29, 0.717) is 42.6 Å². The lowest BCUT2D eigenvalue weighted by Gasteiger charge is -2.24. The molecule has 2 aromatic heterocycles. The zero-order chi connectivity index (χ0) is 32.4. The van der Waals surface area contributed by atoms with Crippen LogP contribution >= 0.6 is 22.9 Å². The molecule has 230 valence electrons. The molecule has 3 aromatic carbocycles. The number of fused-ring (bicyclic) bond motifs is 1. The van der Waals surface area contributed by atoms with Crippen molar-refractivity contribution >= 4 is 41.0 Å². The molecule has 0 aliphatic carbocycles. The summed E-state index contributed by atoms with van der Waals surface area (Å²) in [5.41, 5.74) is 3.97. The Morgan fingerprint density at radius 3 is 2.43 bits per heavy atom. The average Bonchev–Trinajstić information content (AvgIpc) is 3.60. The Kier molecular flexibility index (Phi) is 8.65. The number of rotatable bonds is 8. The van der Waals surface area contributed by atoms with Crippen molar-refractivity contribution in [2.24, 2.45) is 4.99 Å². The van der Waals surface area contributed by atoms with Gasteiger partial charge in [0.15, 0.2) is 4.80 Å². The van der Waals surface area contributed by atoms with Crippen LogP contribution in [0.2, 0.25) is 5.02 Å². The molecule has 0 fully saturated rings. The van der Waals surface area contributed by atoms with Crippen LogP contribution in [-0.2, 0) is 14.3 Å². The maximum atomic E-state index is 14.2. The number of benzene rings is 3. The molecular weight excluding hydrogens is 624 g/mol. The zero-order valence-corrected chi connectivity index (χ0v) is 26.4. The highest BCUT2D eigenvalue weighted by molar-refractivity contribution is 7.07. The molecule has 1 aliphatic heterocycles. The summed E-state index contributed by atoms with van der Waals surface area (Å²) in [7, 11) is 0. The van der Waals surface area contributed by atoms with E-state index in [9.17, 15) is 14.4 Å². The van der Waals surface area contributed by atoms with Gasteiger partial charge in [0.1, 0.15) is 18.1 Å². The van der Waals surface area contributed by atoms with Crippen LogP contribution in [0.15, 0.2) is 119 Å². The van der Waals surface area contributed by atoms with Gasteiger partial charge >= 0.3 is 11.9 Å². The Hall–Kier alpha value is -5.32. The van der Waals surface area contributed by atoms with Gasteiger partial charge in [-0.05, 0) is 55.0 Å². The normalized spacial score (nSPS) is 14.4. The second-order valence-corrected chi connectivity index (χ2v) is 11.8. The van der Waals surface area contributed by atoms with E-state index in [2.05, 4.69) is 11.6 Å². The number of allylic oxidation sites excluding steroid dienone is 1. The molecule has 6 rings (SSSR count). The lowest BCUT2D eigenvalue weighted by Crippen LogP contribution is -2.39. The van der Waals surface area contributed by atoms with Gasteiger partial charge in [-0.15, -0.1) is 0 Å². The number of esters is 2. The highest BCUT2D eigenvalue weighted by Crippen LogP contribution is 2.32. The second-order valence-electron chi connectivity index (χ2n) is 10.4. The van der Waals surface area contributed by atoms with Crippen LogP contribution < -0.4 is 19.6 Å². The average molecular weight is 651 g/mol. The van der Waals surface area contributed by atoms with Crippen LogP contribution in [0.5, 0.6) is 5.75 Å². The monoisotopic (exact) mass is 650 g/mol. The molecule has 0 N–H and O–H groups in total. The molecule has 46 heavy (non-hydrogen) atoms. The number of carbonyl (C=O) groups excluding carboxylic acids is 2.